The second-order valence-electron chi connectivity index (χ2n) is 8.32. The maximum absolute atomic E-state index is 6.07. The third-order valence-corrected chi connectivity index (χ3v) is 5.40. The first kappa shape index (κ1) is 20.2. The standard InChI is InChI=1S/C23H28N6O/c1-16-14-17(8-9-25-16)19-7-5-4-6-18(19)15-23(2,3)20-26-21(24)28-22(27-20)29-10-12-30-13-11-29/h4-9,14H,10-13,15H2,1-3H3,(H2,24,26,27,28). The highest BCUT2D eigenvalue weighted by molar-refractivity contribution is 5.67. The Morgan fingerprint density at radius 3 is 2.60 bits per heavy atom. The Morgan fingerprint density at radius 2 is 1.83 bits per heavy atom. The lowest BCUT2D eigenvalue weighted by molar-refractivity contribution is 0.122. The lowest BCUT2D eigenvalue weighted by atomic mass is 9.82. The van der Waals surface area contributed by atoms with Gasteiger partial charge in [-0.25, -0.2) is 0 Å². The summed E-state index contributed by atoms with van der Waals surface area (Å²) in [6, 6.07) is 12.6. The lowest BCUT2D eigenvalue weighted by Crippen LogP contribution is -2.38. The molecule has 1 aliphatic rings. The molecule has 30 heavy (non-hydrogen) atoms. The van der Waals surface area contributed by atoms with Gasteiger partial charge in [0.15, 0.2) is 0 Å². The van der Waals surface area contributed by atoms with Gasteiger partial charge in [0.25, 0.3) is 0 Å². The van der Waals surface area contributed by atoms with Crippen molar-refractivity contribution in [3.8, 4) is 11.1 Å². The van der Waals surface area contributed by atoms with Crippen LogP contribution in [0, 0.1) is 6.92 Å². The summed E-state index contributed by atoms with van der Waals surface area (Å²) in [5.41, 5.74) is 10.3. The third-order valence-electron chi connectivity index (χ3n) is 5.40. The lowest BCUT2D eigenvalue weighted by Gasteiger charge is -2.29. The number of morpholine rings is 1. The summed E-state index contributed by atoms with van der Waals surface area (Å²) in [5, 5.41) is 0. The molecule has 2 aromatic heterocycles. The van der Waals surface area contributed by atoms with Crippen molar-refractivity contribution in [2.24, 2.45) is 0 Å². The highest BCUT2D eigenvalue weighted by Gasteiger charge is 2.28. The number of hydrogen-bond donors (Lipinski definition) is 1. The third kappa shape index (κ3) is 4.41. The van der Waals surface area contributed by atoms with Crippen LogP contribution in [0.2, 0.25) is 0 Å². The molecule has 1 saturated heterocycles. The van der Waals surface area contributed by atoms with Crippen molar-refractivity contribution in [2.75, 3.05) is 36.9 Å². The fraction of sp³-hybridized carbons (Fsp3) is 0.391. The number of ether oxygens (including phenoxy) is 1. The zero-order valence-corrected chi connectivity index (χ0v) is 17.8. The van der Waals surface area contributed by atoms with E-state index in [4.69, 9.17) is 15.5 Å². The number of pyridine rings is 1. The van der Waals surface area contributed by atoms with E-state index in [9.17, 15) is 0 Å². The van der Waals surface area contributed by atoms with Crippen molar-refractivity contribution in [3.63, 3.8) is 0 Å². The van der Waals surface area contributed by atoms with Crippen molar-refractivity contribution >= 4 is 11.9 Å². The molecule has 7 nitrogen and oxygen atoms in total. The molecule has 1 aromatic carbocycles. The molecule has 3 heterocycles. The zero-order valence-electron chi connectivity index (χ0n) is 17.8. The number of nitrogen functional groups attached to an aromatic ring is 1. The van der Waals surface area contributed by atoms with Gasteiger partial charge in [-0.05, 0) is 42.2 Å². The maximum Gasteiger partial charge on any atom is 0.230 e. The minimum absolute atomic E-state index is 0.257. The monoisotopic (exact) mass is 404 g/mol. The summed E-state index contributed by atoms with van der Waals surface area (Å²) in [6.45, 7) is 9.17. The molecule has 0 amide bonds. The van der Waals surface area contributed by atoms with Gasteiger partial charge >= 0.3 is 0 Å². The highest BCUT2D eigenvalue weighted by atomic mass is 16.5. The number of nitrogens with two attached hydrogens (primary N) is 1. The summed E-state index contributed by atoms with van der Waals surface area (Å²) >= 11 is 0. The van der Waals surface area contributed by atoms with Crippen LogP contribution in [-0.4, -0.2) is 46.2 Å². The average Bonchev–Trinajstić information content (AvgIpc) is 2.74. The Bertz CT molecular complexity index is 1030. The number of hydrogen-bond acceptors (Lipinski definition) is 7. The van der Waals surface area contributed by atoms with Crippen LogP contribution in [0.1, 0.15) is 30.9 Å². The van der Waals surface area contributed by atoms with E-state index in [1.807, 2.05) is 13.1 Å². The molecule has 0 saturated carbocycles. The number of nitrogens with zero attached hydrogens (tertiary/aromatic N) is 5. The number of rotatable bonds is 5. The summed E-state index contributed by atoms with van der Waals surface area (Å²) in [6.07, 6.45) is 2.63. The summed E-state index contributed by atoms with van der Waals surface area (Å²) < 4.78 is 5.44. The van der Waals surface area contributed by atoms with E-state index in [1.165, 1.54) is 11.1 Å². The fourth-order valence-electron chi connectivity index (χ4n) is 3.81. The van der Waals surface area contributed by atoms with Crippen LogP contribution in [0.25, 0.3) is 11.1 Å². The summed E-state index contributed by atoms with van der Waals surface area (Å²) in [4.78, 5) is 20.1. The number of anilines is 2. The summed E-state index contributed by atoms with van der Waals surface area (Å²) in [5.74, 6) is 1.59. The van der Waals surface area contributed by atoms with Gasteiger partial charge in [0.05, 0.1) is 13.2 Å². The molecule has 3 aromatic rings. The smallest absolute Gasteiger partial charge is 0.230 e. The Morgan fingerprint density at radius 1 is 1.07 bits per heavy atom. The van der Waals surface area contributed by atoms with Crippen molar-refractivity contribution in [3.05, 3.63) is 59.7 Å². The number of benzene rings is 1. The minimum Gasteiger partial charge on any atom is -0.378 e. The van der Waals surface area contributed by atoms with Crippen LogP contribution in [0.5, 0.6) is 0 Å². The van der Waals surface area contributed by atoms with Crippen molar-refractivity contribution in [1.82, 2.24) is 19.9 Å². The maximum atomic E-state index is 6.07. The number of aromatic nitrogens is 4. The van der Waals surface area contributed by atoms with Gasteiger partial charge in [0.1, 0.15) is 5.82 Å². The molecular formula is C23H28N6O. The van der Waals surface area contributed by atoms with E-state index in [0.29, 0.717) is 25.0 Å². The molecule has 1 aliphatic heterocycles. The Balaban J connectivity index is 1.66. The molecule has 0 bridgehead atoms. The highest BCUT2D eigenvalue weighted by Crippen LogP contribution is 2.32. The van der Waals surface area contributed by atoms with Crippen LogP contribution >= 0.6 is 0 Å². The SMILES string of the molecule is Cc1cc(-c2ccccc2CC(C)(C)c2nc(N)nc(N3CCOCC3)n2)ccn1. The van der Waals surface area contributed by atoms with E-state index in [0.717, 1.165) is 30.8 Å². The molecule has 4 rings (SSSR count). The van der Waals surface area contributed by atoms with Crippen LogP contribution < -0.4 is 10.6 Å². The van der Waals surface area contributed by atoms with Gasteiger partial charge in [-0.15, -0.1) is 0 Å². The second kappa shape index (κ2) is 8.36. The first-order valence-electron chi connectivity index (χ1n) is 10.3. The Hall–Kier alpha value is -3.06. The minimum atomic E-state index is -0.323. The van der Waals surface area contributed by atoms with Crippen molar-refractivity contribution < 1.29 is 4.74 Å². The van der Waals surface area contributed by atoms with Gasteiger partial charge in [-0.3, -0.25) is 4.98 Å². The topological polar surface area (TPSA) is 90.0 Å². The largest absolute Gasteiger partial charge is 0.378 e. The molecule has 0 spiro atoms. The number of aryl methyl sites for hydroxylation is 1. The normalized spacial score (nSPS) is 14.7. The predicted octanol–water partition coefficient (Wildman–Crippen LogP) is 3.18. The van der Waals surface area contributed by atoms with Gasteiger partial charge < -0.3 is 15.4 Å². The van der Waals surface area contributed by atoms with E-state index in [2.05, 4.69) is 70.1 Å². The average molecular weight is 405 g/mol. The predicted molar refractivity (Wildman–Crippen MR) is 118 cm³/mol. The summed E-state index contributed by atoms with van der Waals surface area (Å²) in [7, 11) is 0. The van der Waals surface area contributed by atoms with Crippen molar-refractivity contribution in [1.29, 1.82) is 0 Å². The molecule has 2 N–H and O–H groups in total. The van der Waals surface area contributed by atoms with Crippen LogP contribution in [0.15, 0.2) is 42.6 Å². The van der Waals surface area contributed by atoms with E-state index in [1.54, 1.807) is 0 Å². The van der Waals surface area contributed by atoms with Gasteiger partial charge in [0.2, 0.25) is 11.9 Å². The molecule has 0 unspecified atom stereocenters. The van der Waals surface area contributed by atoms with Gasteiger partial charge in [0, 0.05) is 30.4 Å². The fourth-order valence-corrected chi connectivity index (χ4v) is 3.81. The molecular weight excluding hydrogens is 376 g/mol. The Kier molecular flexibility index (Phi) is 5.63. The quantitative estimate of drug-likeness (QED) is 0.698. The first-order chi connectivity index (χ1) is 14.4. The zero-order chi connectivity index (χ0) is 21.1. The Labute approximate surface area is 177 Å². The van der Waals surface area contributed by atoms with E-state index < -0.39 is 0 Å². The molecule has 0 aliphatic carbocycles. The molecule has 0 radical (unpaired) electrons. The van der Waals surface area contributed by atoms with Crippen molar-refractivity contribution in [2.45, 2.75) is 32.6 Å². The molecule has 156 valence electrons. The molecule has 1 fully saturated rings. The van der Waals surface area contributed by atoms with Crippen LogP contribution in [0.4, 0.5) is 11.9 Å². The van der Waals surface area contributed by atoms with Gasteiger partial charge in [-0.2, -0.15) is 15.0 Å². The van der Waals surface area contributed by atoms with E-state index >= 15 is 0 Å². The van der Waals surface area contributed by atoms with Crippen LogP contribution in [0.3, 0.4) is 0 Å². The first-order valence-corrected chi connectivity index (χ1v) is 10.3. The molecule has 0 atom stereocenters. The van der Waals surface area contributed by atoms with E-state index in [-0.39, 0.29) is 11.4 Å². The van der Waals surface area contributed by atoms with Crippen LogP contribution in [-0.2, 0) is 16.6 Å². The molecule has 7 heteroatoms. The van der Waals surface area contributed by atoms with Gasteiger partial charge in [-0.1, -0.05) is 38.1 Å². The second-order valence-corrected chi connectivity index (χ2v) is 8.32.